The SMILES string of the molecule is CCOC(=O)/C=C1\SCC(=O)N1CC(=O)NC(c1cccs1)C(C)C. The van der Waals surface area contributed by atoms with Crippen molar-refractivity contribution in [2.45, 2.75) is 26.8 Å². The van der Waals surface area contributed by atoms with Gasteiger partial charge < -0.3 is 10.1 Å². The number of hydrogen-bond donors (Lipinski definition) is 1. The Bertz CT molecular complexity index is 656. The minimum Gasteiger partial charge on any atom is -0.463 e. The van der Waals surface area contributed by atoms with Crippen molar-refractivity contribution in [3.8, 4) is 0 Å². The first kappa shape index (κ1) is 19.5. The van der Waals surface area contributed by atoms with Gasteiger partial charge >= 0.3 is 5.97 Å². The van der Waals surface area contributed by atoms with Crippen LogP contribution in [0.1, 0.15) is 31.7 Å². The summed E-state index contributed by atoms with van der Waals surface area (Å²) in [6.45, 7) is 5.94. The molecule has 6 nitrogen and oxygen atoms in total. The van der Waals surface area contributed by atoms with Crippen LogP contribution >= 0.6 is 23.1 Å². The zero-order valence-corrected chi connectivity index (χ0v) is 16.1. The van der Waals surface area contributed by atoms with Gasteiger partial charge in [-0.25, -0.2) is 4.79 Å². The molecule has 25 heavy (non-hydrogen) atoms. The van der Waals surface area contributed by atoms with E-state index in [0.29, 0.717) is 5.03 Å². The molecule has 0 aliphatic carbocycles. The number of esters is 1. The van der Waals surface area contributed by atoms with E-state index in [9.17, 15) is 14.4 Å². The molecule has 8 heteroatoms. The molecule has 1 unspecified atom stereocenters. The average Bonchev–Trinajstić information content (AvgIpc) is 3.18. The van der Waals surface area contributed by atoms with E-state index in [1.165, 1.54) is 22.7 Å². The number of rotatable bonds is 7. The number of thioether (sulfide) groups is 1. The first-order valence-electron chi connectivity index (χ1n) is 8.06. The van der Waals surface area contributed by atoms with E-state index in [2.05, 4.69) is 5.32 Å². The number of carbonyl (C=O) groups excluding carboxylic acids is 3. The van der Waals surface area contributed by atoms with E-state index in [1.807, 2.05) is 31.4 Å². The van der Waals surface area contributed by atoms with E-state index in [-0.39, 0.29) is 42.7 Å². The second-order valence-electron chi connectivity index (χ2n) is 5.81. The van der Waals surface area contributed by atoms with Gasteiger partial charge in [-0.3, -0.25) is 14.5 Å². The maximum atomic E-state index is 12.5. The number of nitrogens with zero attached hydrogens (tertiary/aromatic N) is 1. The molecule has 1 saturated heterocycles. The Kier molecular flexibility index (Phi) is 7.07. The highest BCUT2D eigenvalue weighted by Crippen LogP contribution is 2.29. The van der Waals surface area contributed by atoms with Gasteiger partial charge in [0.05, 0.1) is 29.5 Å². The van der Waals surface area contributed by atoms with Gasteiger partial charge in [0.25, 0.3) is 0 Å². The maximum absolute atomic E-state index is 12.5. The maximum Gasteiger partial charge on any atom is 0.333 e. The van der Waals surface area contributed by atoms with Gasteiger partial charge in [-0.1, -0.05) is 31.7 Å². The fourth-order valence-corrected chi connectivity index (χ4v) is 4.26. The molecule has 1 aromatic heterocycles. The van der Waals surface area contributed by atoms with Crippen LogP contribution in [-0.2, 0) is 19.1 Å². The Hall–Kier alpha value is -1.80. The second kappa shape index (κ2) is 9.05. The van der Waals surface area contributed by atoms with Crippen LogP contribution in [0.25, 0.3) is 0 Å². The van der Waals surface area contributed by atoms with Crippen LogP contribution in [0.4, 0.5) is 0 Å². The fourth-order valence-electron chi connectivity index (χ4n) is 2.38. The summed E-state index contributed by atoms with van der Waals surface area (Å²) in [5, 5.41) is 5.41. The van der Waals surface area contributed by atoms with Gasteiger partial charge in [0.15, 0.2) is 0 Å². The van der Waals surface area contributed by atoms with Crippen LogP contribution < -0.4 is 5.32 Å². The Labute approximate surface area is 155 Å². The van der Waals surface area contributed by atoms with Crippen LogP contribution in [0.15, 0.2) is 28.6 Å². The van der Waals surface area contributed by atoms with E-state index in [0.717, 1.165) is 4.88 Å². The minimum absolute atomic E-state index is 0.102. The van der Waals surface area contributed by atoms with Gasteiger partial charge in [-0.15, -0.1) is 11.3 Å². The molecule has 1 aliphatic heterocycles. The van der Waals surface area contributed by atoms with Crippen molar-refractivity contribution in [2.75, 3.05) is 18.9 Å². The Morgan fingerprint density at radius 3 is 2.80 bits per heavy atom. The van der Waals surface area contributed by atoms with E-state index in [1.54, 1.807) is 18.3 Å². The largest absolute Gasteiger partial charge is 0.463 e. The molecule has 0 bridgehead atoms. The van der Waals surface area contributed by atoms with Crippen molar-refractivity contribution in [3.63, 3.8) is 0 Å². The zero-order valence-electron chi connectivity index (χ0n) is 14.5. The number of amides is 2. The number of ether oxygens (including phenoxy) is 1. The molecular formula is C17H22N2O4S2. The van der Waals surface area contributed by atoms with Crippen LogP contribution in [0.5, 0.6) is 0 Å². The van der Waals surface area contributed by atoms with E-state index in [4.69, 9.17) is 4.74 Å². The van der Waals surface area contributed by atoms with Gasteiger partial charge in [0.1, 0.15) is 6.54 Å². The number of carbonyl (C=O) groups is 3. The van der Waals surface area contributed by atoms with Crippen molar-refractivity contribution in [3.05, 3.63) is 33.5 Å². The van der Waals surface area contributed by atoms with E-state index < -0.39 is 5.97 Å². The topological polar surface area (TPSA) is 75.7 Å². The predicted molar refractivity (Wildman–Crippen MR) is 98.9 cm³/mol. The highest BCUT2D eigenvalue weighted by Gasteiger charge is 2.30. The third-order valence-corrected chi connectivity index (χ3v) is 5.55. The average molecular weight is 383 g/mol. The molecule has 2 rings (SSSR count). The molecule has 1 fully saturated rings. The molecule has 1 atom stereocenters. The first-order chi connectivity index (χ1) is 11.9. The lowest BCUT2D eigenvalue weighted by Crippen LogP contribution is -2.40. The summed E-state index contributed by atoms with van der Waals surface area (Å²) < 4.78 is 4.87. The molecular weight excluding hydrogens is 360 g/mol. The van der Waals surface area contributed by atoms with Crippen molar-refractivity contribution in [2.24, 2.45) is 5.92 Å². The molecule has 1 N–H and O–H groups in total. The van der Waals surface area contributed by atoms with Gasteiger partial charge in [-0.2, -0.15) is 0 Å². The van der Waals surface area contributed by atoms with E-state index >= 15 is 0 Å². The highest BCUT2D eigenvalue weighted by molar-refractivity contribution is 8.04. The standard InChI is InChI=1S/C17H22N2O4S2/c1-4-23-16(22)8-15-19(14(21)10-25-15)9-13(20)18-17(11(2)3)12-6-5-7-24-12/h5-8,11,17H,4,9-10H2,1-3H3,(H,18,20)/b15-8-. The Morgan fingerprint density at radius 1 is 1.44 bits per heavy atom. The lowest BCUT2D eigenvalue weighted by Gasteiger charge is -2.23. The molecule has 0 spiro atoms. The number of nitrogens with one attached hydrogen (secondary N) is 1. The summed E-state index contributed by atoms with van der Waals surface area (Å²) in [5.41, 5.74) is 0. The van der Waals surface area contributed by atoms with Crippen LogP contribution in [0, 0.1) is 5.92 Å². The summed E-state index contributed by atoms with van der Waals surface area (Å²) in [6, 6.07) is 3.83. The molecule has 0 radical (unpaired) electrons. The molecule has 136 valence electrons. The van der Waals surface area contributed by atoms with Crippen LogP contribution in [0.3, 0.4) is 0 Å². The fraction of sp³-hybridized carbons (Fsp3) is 0.471. The number of hydrogen-bond acceptors (Lipinski definition) is 6. The molecule has 1 aliphatic rings. The summed E-state index contributed by atoms with van der Waals surface area (Å²) in [5.74, 6) is -0.507. The quantitative estimate of drug-likeness (QED) is 0.579. The molecule has 0 aromatic carbocycles. The van der Waals surface area contributed by atoms with Crippen molar-refractivity contribution < 1.29 is 19.1 Å². The minimum atomic E-state index is -0.510. The smallest absolute Gasteiger partial charge is 0.333 e. The van der Waals surface area contributed by atoms with Gasteiger partial charge in [-0.05, 0) is 24.3 Å². The summed E-state index contributed by atoms with van der Waals surface area (Å²) in [7, 11) is 0. The van der Waals surface area contributed by atoms with Gasteiger partial charge in [0, 0.05) is 4.88 Å². The normalized spacial score (nSPS) is 17.2. The first-order valence-corrected chi connectivity index (χ1v) is 9.93. The molecule has 1 aromatic rings. The zero-order chi connectivity index (χ0) is 18.4. The Morgan fingerprint density at radius 2 is 2.20 bits per heavy atom. The van der Waals surface area contributed by atoms with Crippen molar-refractivity contribution >= 4 is 40.9 Å². The third-order valence-electron chi connectivity index (χ3n) is 3.57. The van der Waals surface area contributed by atoms with Crippen LogP contribution in [-0.4, -0.2) is 41.6 Å². The van der Waals surface area contributed by atoms with Crippen molar-refractivity contribution in [1.82, 2.24) is 10.2 Å². The summed E-state index contributed by atoms with van der Waals surface area (Å²) in [6.07, 6.45) is 1.27. The third kappa shape index (κ3) is 5.34. The number of thiophene rings is 1. The molecule has 2 amide bonds. The lowest BCUT2D eigenvalue weighted by atomic mass is 10.0. The lowest BCUT2D eigenvalue weighted by molar-refractivity contribution is -0.137. The monoisotopic (exact) mass is 382 g/mol. The predicted octanol–water partition coefficient (Wildman–Crippen LogP) is 2.54. The van der Waals surface area contributed by atoms with Crippen molar-refractivity contribution in [1.29, 1.82) is 0 Å². The van der Waals surface area contributed by atoms with Crippen LogP contribution in [0.2, 0.25) is 0 Å². The second-order valence-corrected chi connectivity index (χ2v) is 7.78. The summed E-state index contributed by atoms with van der Waals surface area (Å²) >= 11 is 2.82. The summed E-state index contributed by atoms with van der Waals surface area (Å²) in [4.78, 5) is 38.5. The molecule has 2 heterocycles. The van der Waals surface area contributed by atoms with Gasteiger partial charge in [0.2, 0.25) is 11.8 Å². The Balaban J connectivity index is 2.04. The highest BCUT2D eigenvalue weighted by atomic mass is 32.2. The molecule has 0 saturated carbocycles.